The molecule has 0 aromatic carbocycles. The normalized spacial score (nSPS) is 9.43. The Bertz CT molecular complexity index is 144. The van der Waals surface area contributed by atoms with Gasteiger partial charge in [0.1, 0.15) is 22.9 Å². The summed E-state index contributed by atoms with van der Waals surface area (Å²) in [6.45, 7) is 0. The van der Waals surface area contributed by atoms with Crippen LogP contribution in [-0.4, -0.2) is 18.4 Å². The van der Waals surface area contributed by atoms with Gasteiger partial charge in [0.25, 0.3) is 5.28 Å². The Kier molecular flexibility index (Phi) is 1.43. The van der Waals surface area contributed by atoms with Crippen molar-refractivity contribution >= 4 is 34.5 Å². The SMILES string of the molecule is Clc1nnn(I)n1. The van der Waals surface area contributed by atoms with Crippen molar-refractivity contribution in [1.82, 2.24) is 18.4 Å². The molecule has 0 radical (unpaired) electrons. The molecule has 1 rings (SSSR count). The molecule has 0 N–H and O–H groups in total. The number of hydrogen-bond donors (Lipinski definition) is 0. The van der Waals surface area contributed by atoms with E-state index in [9.17, 15) is 0 Å². The second-order valence-corrected chi connectivity index (χ2v) is 2.00. The molecule has 7 heavy (non-hydrogen) atoms. The molecule has 0 amide bonds. The first-order chi connectivity index (χ1) is 3.29. The van der Waals surface area contributed by atoms with Crippen molar-refractivity contribution in [3.8, 4) is 0 Å². The lowest BCUT2D eigenvalue weighted by Crippen LogP contribution is -1.81. The van der Waals surface area contributed by atoms with Crippen LogP contribution in [0.5, 0.6) is 0 Å². The van der Waals surface area contributed by atoms with Gasteiger partial charge in [-0.1, -0.05) is 5.10 Å². The van der Waals surface area contributed by atoms with E-state index in [1.165, 1.54) is 3.01 Å². The van der Waals surface area contributed by atoms with E-state index < -0.39 is 0 Å². The van der Waals surface area contributed by atoms with Gasteiger partial charge in [0.05, 0.1) is 0 Å². The second kappa shape index (κ2) is 1.91. The molecular weight excluding hydrogens is 230 g/mol. The minimum absolute atomic E-state index is 0.175. The summed E-state index contributed by atoms with van der Waals surface area (Å²) in [5.41, 5.74) is 0. The second-order valence-electron chi connectivity index (χ2n) is 0.799. The van der Waals surface area contributed by atoms with E-state index in [0.29, 0.717) is 0 Å². The summed E-state index contributed by atoms with van der Waals surface area (Å²) in [5.74, 6) is 0. The van der Waals surface area contributed by atoms with Crippen LogP contribution in [0.1, 0.15) is 0 Å². The Balaban J connectivity index is 3.04. The Labute approximate surface area is 58.3 Å². The van der Waals surface area contributed by atoms with Gasteiger partial charge in [-0.05, 0) is 16.8 Å². The Hall–Kier alpha value is 0.0900. The van der Waals surface area contributed by atoms with Gasteiger partial charge in [0, 0.05) is 0 Å². The molecule has 0 aliphatic rings. The van der Waals surface area contributed by atoms with Gasteiger partial charge in [-0.2, -0.15) is 0 Å². The van der Waals surface area contributed by atoms with E-state index in [4.69, 9.17) is 11.6 Å². The molecule has 38 valence electrons. The molecule has 0 spiro atoms. The van der Waals surface area contributed by atoms with Crippen molar-refractivity contribution < 1.29 is 0 Å². The van der Waals surface area contributed by atoms with Crippen LogP contribution < -0.4 is 0 Å². The van der Waals surface area contributed by atoms with Crippen molar-refractivity contribution in [2.45, 2.75) is 0 Å². The van der Waals surface area contributed by atoms with Crippen LogP contribution in [0.3, 0.4) is 0 Å². The average molecular weight is 230 g/mol. The van der Waals surface area contributed by atoms with Crippen molar-refractivity contribution in [1.29, 1.82) is 0 Å². The molecule has 6 heteroatoms. The summed E-state index contributed by atoms with van der Waals surface area (Å²) in [6, 6.07) is 0. The smallest absolute Gasteiger partial charge is 0.109 e. The third-order valence-electron chi connectivity index (χ3n) is 0.366. The fraction of sp³-hybridized carbons (Fsp3) is 0. The summed E-state index contributed by atoms with van der Waals surface area (Å²) in [5, 5.41) is 10.5. The number of nitrogens with zero attached hydrogens (tertiary/aromatic N) is 4. The summed E-state index contributed by atoms with van der Waals surface area (Å²) in [7, 11) is 0. The molecular formula is CClIN4. The molecule has 0 saturated heterocycles. The summed E-state index contributed by atoms with van der Waals surface area (Å²) >= 11 is 7.10. The van der Waals surface area contributed by atoms with Crippen LogP contribution >= 0.6 is 34.5 Å². The molecule has 1 aromatic heterocycles. The fourth-order valence-electron chi connectivity index (χ4n) is 0.182. The predicted molar refractivity (Wildman–Crippen MR) is 32.2 cm³/mol. The topological polar surface area (TPSA) is 43.6 Å². The number of aromatic nitrogens is 4. The van der Waals surface area contributed by atoms with Crippen LogP contribution in [0, 0.1) is 0 Å². The Morgan fingerprint density at radius 3 is 2.57 bits per heavy atom. The highest BCUT2D eigenvalue weighted by Gasteiger charge is 1.90. The van der Waals surface area contributed by atoms with Gasteiger partial charge in [-0.3, -0.25) is 0 Å². The predicted octanol–water partition coefficient (Wildman–Crippen LogP) is 0.525. The number of hydrogen-bond acceptors (Lipinski definition) is 3. The molecule has 0 saturated carbocycles. The minimum atomic E-state index is 0.175. The molecule has 0 atom stereocenters. The first kappa shape index (κ1) is 5.23. The van der Waals surface area contributed by atoms with Crippen LogP contribution in [0.15, 0.2) is 0 Å². The van der Waals surface area contributed by atoms with Gasteiger partial charge in [0.15, 0.2) is 0 Å². The van der Waals surface area contributed by atoms with Gasteiger partial charge < -0.3 is 0 Å². The number of tetrazole rings is 1. The fourth-order valence-corrected chi connectivity index (χ4v) is 0.716. The number of rotatable bonds is 0. The molecule has 0 aliphatic heterocycles. The largest absolute Gasteiger partial charge is 0.265 e. The molecule has 4 nitrogen and oxygen atoms in total. The summed E-state index contributed by atoms with van der Waals surface area (Å²) in [4.78, 5) is 0. The highest BCUT2D eigenvalue weighted by molar-refractivity contribution is 14.1. The van der Waals surface area contributed by atoms with E-state index >= 15 is 0 Å². The highest BCUT2D eigenvalue weighted by Crippen LogP contribution is 1.94. The maximum atomic E-state index is 5.25. The summed E-state index contributed by atoms with van der Waals surface area (Å²) in [6.07, 6.45) is 0. The zero-order valence-corrected chi connectivity index (χ0v) is 5.96. The maximum Gasteiger partial charge on any atom is 0.265 e. The average Bonchev–Trinajstić information content (AvgIpc) is 1.87. The van der Waals surface area contributed by atoms with E-state index in [1.807, 2.05) is 22.9 Å². The third kappa shape index (κ3) is 1.23. The quantitative estimate of drug-likeness (QED) is 0.611. The van der Waals surface area contributed by atoms with Crippen molar-refractivity contribution in [2.24, 2.45) is 0 Å². The molecule has 1 aromatic rings. The molecule has 0 fully saturated rings. The Morgan fingerprint density at radius 2 is 2.43 bits per heavy atom. The van der Waals surface area contributed by atoms with E-state index in [1.54, 1.807) is 0 Å². The lowest BCUT2D eigenvalue weighted by atomic mass is 11.4. The van der Waals surface area contributed by atoms with Crippen LogP contribution in [-0.2, 0) is 0 Å². The van der Waals surface area contributed by atoms with Crippen LogP contribution in [0.4, 0.5) is 0 Å². The lowest BCUT2D eigenvalue weighted by molar-refractivity contribution is 0.853. The van der Waals surface area contributed by atoms with Crippen molar-refractivity contribution in [3.05, 3.63) is 5.28 Å². The van der Waals surface area contributed by atoms with Crippen molar-refractivity contribution in [3.63, 3.8) is 0 Å². The first-order valence-electron chi connectivity index (χ1n) is 1.41. The number of halogens is 2. The van der Waals surface area contributed by atoms with E-state index in [2.05, 4.69) is 15.4 Å². The zero-order valence-electron chi connectivity index (χ0n) is 3.04. The highest BCUT2D eigenvalue weighted by atomic mass is 127. The monoisotopic (exact) mass is 230 g/mol. The van der Waals surface area contributed by atoms with Gasteiger partial charge in [-0.15, -0.1) is 8.11 Å². The third-order valence-corrected chi connectivity index (χ3v) is 0.926. The molecule has 0 aliphatic carbocycles. The van der Waals surface area contributed by atoms with Gasteiger partial charge >= 0.3 is 0 Å². The first-order valence-corrected chi connectivity index (χ1v) is 2.75. The van der Waals surface area contributed by atoms with Gasteiger partial charge in [-0.25, -0.2) is 0 Å². The summed E-state index contributed by atoms with van der Waals surface area (Å²) < 4.78 is 1.26. The molecule has 0 unspecified atom stereocenters. The van der Waals surface area contributed by atoms with Gasteiger partial charge in [0.2, 0.25) is 0 Å². The minimum Gasteiger partial charge on any atom is -0.109 e. The van der Waals surface area contributed by atoms with Crippen LogP contribution in [0.25, 0.3) is 0 Å². The lowest BCUT2D eigenvalue weighted by Gasteiger charge is -1.68. The maximum absolute atomic E-state index is 5.25. The Morgan fingerprint density at radius 1 is 1.71 bits per heavy atom. The zero-order chi connectivity index (χ0) is 5.28. The van der Waals surface area contributed by atoms with Crippen molar-refractivity contribution in [2.75, 3.05) is 0 Å². The standard InChI is InChI=1S/CClIN4/c2-1-4-6-7(3)5-1. The van der Waals surface area contributed by atoms with E-state index in [-0.39, 0.29) is 5.28 Å². The van der Waals surface area contributed by atoms with E-state index in [0.717, 1.165) is 0 Å². The molecule has 0 bridgehead atoms. The molecule has 1 heterocycles. The van der Waals surface area contributed by atoms with Crippen LogP contribution in [0.2, 0.25) is 5.28 Å².